The monoisotopic (exact) mass is 312 g/mol. The Kier molecular flexibility index (Phi) is 4.02. The van der Waals surface area contributed by atoms with Crippen molar-refractivity contribution in [2.24, 2.45) is 0 Å². The quantitative estimate of drug-likeness (QED) is 0.733. The largest absolute Gasteiger partial charge is 0.478 e. The van der Waals surface area contributed by atoms with Crippen LogP contribution in [0, 0.1) is 13.8 Å². The molecule has 1 amide bonds. The van der Waals surface area contributed by atoms with Gasteiger partial charge in [-0.25, -0.2) is 17.9 Å². The zero-order valence-electron chi connectivity index (χ0n) is 11.6. The summed E-state index contributed by atoms with van der Waals surface area (Å²) in [7, 11) is -3.88. The van der Waals surface area contributed by atoms with Crippen LogP contribution in [0.5, 0.6) is 0 Å². The first-order valence-electron chi connectivity index (χ1n) is 6.34. The van der Waals surface area contributed by atoms with Crippen LogP contribution in [-0.2, 0) is 14.8 Å². The van der Waals surface area contributed by atoms with Crippen molar-refractivity contribution >= 4 is 21.9 Å². The smallest absolute Gasteiger partial charge is 0.335 e. The van der Waals surface area contributed by atoms with Crippen LogP contribution in [-0.4, -0.2) is 38.0 Å². The SMILES string of the molecule is Cc1cc(C(=O)O)cc(S(=O)(=O)NC2CNC(=O)C2)c1C. The Labute approximate surface area is 122 Å². The van der Waals surface area contributed by atoms with Crippen molar-refractivity contribution in [3.8, 4) is 0 Å². The molecule has 0 spiro atoms. The van der Waals surface area contributed by atoms with Crippen molar-refractivity contribution < 1.29 is 23.1 Å². The number of carbonyl (C=O) groups is 2. The Balaban J connectivity index is 2.39. The van der Waals surface area contributed by atoms with E-state index in [2.05, 4.69) is 10.0 Å². The average Bonchev–Trinajstić information content (AvgIpc) is 2.76. The highest BCUT2D eigenvalue weighted by Gasteiger charge is 2.28. The summed E-state index contributed by atoms with van der Waals surface area (Å²) in [4.78, 5) is 22.1. The number of sulfonamides is 1. The van der Waals surface area contributed by atoms with Crippen LogP contribution in [0.4, 0.5) is 0 Å². The molecule has 21 heavy (non-hydrogen) atoms. The molecule has 1 aromatic rings. The number of hydrogen-bond donors (Lipinski definition) is 3. The lowest BCUT2D eigenvalue weighted by Crippen LogP contribution is -2.36. The van der Waals surface area contributed by atoms with E-state index in [0.29, 0.717) is 11.1 Å². The molecule has 0 bridgehead atoms. The van der Waals surface area contributed by atoms with E-state index in [4.69, 9.17) is 5.11 Å². The molecule has 1 fully saturated rings. The van der Waals surface area contributed by atoms with Crippen molar-refractivity contribution in [1.82, 2.24) is 10.0 Å². The number of carboxylic acid groups (broad SMARTS) is 1. The first kappa shape index (κ1) is 15.5. The Hall–Kier alpha value is -1.93. The summed E-state index contributed by atoms with van der Waals surface area (Å²) in [6, 6.07) is 2.05. The number of aryl methyl sites for hydroxylation is 1. The van der Waals surface area contributed by atoms with Gasteiger partial charge < -0.3 is 10.4 Å². The normalized spacial score (nSPS) is 18.6. The van der Waals surface area contributed by atoms with E-state index in [1.54, 1.807) is 13.8 Å². The third kappa shape index (κ3) is 3.22. The maximum Gasteiger partial charge on any atom is 0.335 e. The molecule has 1 aliphatic heterocycles. The minimum atomic E-state index is -3.88. The maximum absolute atomic E-state index is 12.4. The lowest BCUT2D eigenvalue weighted by atomic mass is 10.1. The van der Waals surface area contributed by atoms with Gasteiger partial charge in [0.25, 0.3) is 0 Å². The number of carbonyl (C=O) groups excluding carboxylic acids is 1. The third-order valence-corrected chi connectivity index (χ3v) is 5.10. The van der Waals surface area contributed by atoms with Gasteiger partial charge in [0, 0.05) is 19.0 Å². The molecule has 1 saturated heterocycles. The van der Waals surface area contributed by atoms with Crippen LogP contribution in [0.25, 0.3) is 0 Å². The number of carboxylic acids is 1. The van der Waals surface area contributed by atoms with Gasteiger partial charge in [-0.1, -0.05) is 0 Å². The fourth-order valence-electron chi connectivity index (χ4n) is 2.20. The lowest BCUT2D eigenvalue weighted by Gasteiger charge is -2.15. The van der Waals surface area contributed by atoms with Crippen LogP contribution in [0.3, 0.4) is 0 Å². The summed E-state index contributed by atoms with van der Waals surface area (Å²) in [5.74, 6) is -1.40. The van der Waals surface area contributed by atoms with Crippen molar-refractivity contribution in [3.63, 3.8) is 0 Å². The van der Waals surface area contributed by atoms with Crippen molar-refractivity contribution in [2.75, 3.05) is 6.54 Å². The minimum absolute atomic E-state index is 0.0701. The summed E-state index contributed by atoms with van der Waals surface area (Å²) in [5.41, 5.74) is 0.986. The molecule has 8 heteroatoms. The Morgan fingerprint density at radius 1 is 1.38 bits per heavy atom. The molecule has 1 aliphatic rings. The van der Waals surface area contributed by atoms with Crippen LogP contribution in [0.15, 0.2) is 17.0 Å². The second-order valence-corrected chi connectivity index (χ2v) is 6.73. The standard InChI is InChI=1S/C13H16N2O5S/c1-7-3-9(13(17)18)4-11(8(7)2)21(19,20)15-10-5-12(16)14-6-10/h3-4,10,15H,5-6H2,1-2H3,(H,14,16)(H,17,18). The molecule has 0 radical (unpaired) electrons. The molecule has 114 valence electrons. The fourth-order valence-corrected chi connectivity index (χ4v) is 3.78. The van der Waals surface area contributed by atoms with Crippen molar-refractivity contribution in [3.05, 3.63) is 28.8 Å². The van der Waals surface area contributed by atoms with Gasteiger partial charge in [0.05, 0.1) is 10.5 Å². The molecule has 1 heterocycles. The zero-order chi connectivity index (χ0) is 15.8. The molecule has 2 rings (SSSR count). The second-order valence-electron chi connectivity index (χ2n) is 5.05. The Bertz CT molecular complexity index is 712. The molecular weight excluding hydrogens is 296 g/mol. The van der Waals surface area contributed by atoms with Gasteiger partial charge in [-0.05, 0) is 37.1 Å². The number of aromatic carboxylic acids is 1. The molecule has 7 nitrogen and oxygen atoms in total. The first-order valence-corrected chi connectivity index (χ1v) is 7.82. The van der Waals surface area contributed by atoms with Gasteiger partial charge >= 0.3 is 5.97 Å². The van der Waals surface area contributed by atoms with E-state index in [1.165, 1.54) is 6.07 Å². The van der Waals surface area contributed by atoms with Gasteiger partial charge in [0.15, 0.2) is 0 Å². The predicted molar refractivity (Wildman–Crippen MR) is 74.6 cm³/mol. The van der Waals surface area contributed by atoms with Crippen LogP contribution < -0.4 is 10.0 Å². The number of rotatable bonds is 4. The van der Waals surface area contributed by atoms with Crippen LogP contribution in [0.1, 0.15) is 27.9 Å². The molecule has 1 unspecified atom stereocenters. The highest BCUT2D eigenvalue weighted by molar-refractivity contribution is 7.89. The van der Waals surface area contributed by atoms with Gasteiger partial charge in [-0.3, -0.25) is 4.79 Å². The Morgan fingerprint density at radius 2 is 2.05 bits per heavy atom. The van der Waals surface area contributed by atoms with E-state index in [0.717, 1.165) is 6.07 Å². The van der Waals surface area contributed by atoms with Gasteiger partial charge in [-0.2, -0.15) is 0 Å². The fraction of sp³-hybridized carbons (Fsp3) is 0.385. The predicted octanol–water partition coefficient (Wildman–Crippen LogP) is 0.168. The minimum Gasteiger partial charge on any atom is -0.478 e. The zero-order valence-corrected chi connectivity index (χ0v) is 12.5. The molecule has 0 aromatic heterocycles. The van der Waals surface area contributed by atoms with E-state index in [9.17, 15) is 18.0 Å². The van der Waals surface area contributed by atoms with E-state index in [-0.39, 0.29) is 29.3 Å². The van der Waals surface area contributed by atoms with Crippen molar-refractivity contribution in [2.45, 2.75) is 31.2 Å². The average molecular weight is 312 g/mol. The number of hydrogen-bond acceptors (Lipinski definition) is 4. The third-order valence-electron chi connectivity index (χ3n) is 3.46. The highest BCUT2D eigenvalue weighted by Crippen LogP contribution is 2.22. The van der Waals surface area contributed by atoms with Gasteiger partial charge in [0.1, 0.15) is 0 Å². The topological polar surface area (TPSA) is 113 Å². The highest BCUT2D eigenvalue weighted by atomic mass is 32.2. The van der Waals surface area contributed by atoms with Crippen LogP contribution in [0.2, 0.25) is 0 Å². The van der Waals surface area contributed by atoms with E-state index < -0.39 is 22.0 Å². The van der Waals surface area contributed by atoms with Crippen LogP contribution >= 0.6 is 0 Å². The summed E-state index contributed by atoms with van der Waals surface area (Å²) in [6.07, 6.45) is 0.0792. The summed E-state index contributed by atoms with van der Waals surface area (Å²) >= 11 is 0. The molecular formula is C13H16N2O5S. The van der Waals surface area contributed by atoms with Gasteiger partial charge in [-0.15, -0.1) is 0 Å². The maximum atomic E-state index is 12.4. The first-order chi connectivity index (χ1) is 9.70. The molecule has 1 atom stereocenters. The summed E-state index contributed by atoms with van der Waals surface area (Å²) in [5, 5.41) is 11.6. The van der Waals surface area contributed by atoms with Crippen molar-refractivity contribution in [1.29, 1.82) is 0 Å². The lowest BCUT2D eigenvalue weighted by molar-refractivity contribution is -0.119. The number of amides is 1. The number of benzene rings is 1. The summed E-state index contributed by atoms with van der Waals surface area (Å²) in [6.45, 7) is 3.50. The Morgan fingerprint density at radius 3 is 2.57 bits per heavy atom. The molecule has 1 aromatic carbocycles. The van der Waals surface area contributed by atoms with E-state index in [1.807, 2.05) is 0 Å². The molecule has 0 saturated carbocycles. The summed E-state index contributed by atoms with van der Waals surface area (Å²) < 4.78 is 27.2. The number of nitrogens with one attached hydrogen (secondary N) is 2. The van der Waals surface area contributed by atoms with Gasteiger partial charge in [0.2, 0.25) is 15.9 Å². The molecule has 0 aliphatic carbocycles. The van der Waals surface area contributed by atoms with E-state index >= 15 is 0 Å². The molecule has 3 N–H and O–H groups in total. The second kappa shape index (κ2) is 5.45.